The number of aromatic nitrogens is 1. The molecule has 22 heavy (non-hydrogen) atoms. The SMILES string of the molecule is CCN1CCC(N2CCCC(Cc3ccc(C)nc3)C2)CC1. The predicted molar refractivity (Wildman–Crippen MR) is 92.1 cm³/mol. The van der Waals surface area contributed by atoms with Gasteiger partial charge in [-0.1, -0.05) is 13.0 Å². The zero-order chi connectivity index (χ0) is 15.4. The highest BCUT2D eigenvalue weighted by Crippen LogP contribution is 2.25. The first-order valence-electron chi connectivity index (χ1n) is 9.12. The summed E-state index contributed by atoms with van der Waals surface area (Å²) in [6.07, 6.45) is 8.78. The first-order chi connectivity index (χ1) is 10.7. The van der Waals surface area contributed by atoms with Gasteiger partial charge in [-0.25, -0.2) is 0 Å². The second-order valence-corrected chi connectivity index (χ2v) is 7.18. The summed E-state index contributed by atoms with van der Waals surface area (Å²) in [5.74, 6) is 0.822. The Labute approximate surface area is 135 Å². The predicted octanol–water partition coefficient (Wildman–Crippen LogP) is 3.13. The summed E-state index contributed by atoms with van der Waals surface area (Å²) in [7, 11) is 0. The number of nitrogens with zero attached hydrogens (tertiary/aromatic N) is 3. The largest absolute Gasteiger partial charge is 0.303 e. The number of hydrogen-bond acceptors (Lipinski definition) is 3. The number of aryl methyl sites for hydroxylation is 1. The van der Waals surface area contributed by atoms with Gasteiger partial charge in [-0.3, -0.25) is 4.98 Å². The lowest BCUT2D eigenvalue weighted by molar-refractivity contribution is 0.0731. The van der Waals surface area contributed by atoms with Crippen LogP contribution >= 0.6 is 0 Å². The Bertz CT molecular complexity index is 448. The van der Waals surface area contributed by atoms with Crippen LogP contribution in [0.15, 0.2) is 18.3 Å². The fourth-order valence-corrected chi connectivity index (χ4v) is 4.15. The minimum Gasteiger partial charge on any atom is -0.303 e. The topological polar surface area (TPSA) is 19.4 Å². The van der Waals surface area contributed by atoms with E-state index in [1.165, 1.54) is 70.4 Å². The van der Waals surface area contributed by atoms with Crippen LogP contribution in [0.5, 0.6) is 0 Å². The maximum absolute atomic E-state index is 4.45. The molecule has 3 heteroatoms. The van der Waals surface area contributed by atoms with Crippen molar-refractivity contribution in [2.45, 2.75) is 52.0 Å². The highest BCUT2D eigenvalue weighted by Gasteiger charge is 2.28. The van der Waals surface area contributed by atoms with Crippen LogP contribution in [0, 0.1) is 12.8 Å². The molecule has 2 aliphatic heterocycles. The molecule has 122 valence electrons. The zero-order valence-electron chi connectivity index (χ0n) is 14.3. The molecule has 0 aliphatic carbocycles. The van der Waals surface area contributed by atoms with Crippen molar-refractivity contribution >= 4 is 0 Å². The molecule has 0 bridgehead atoms. The number of hydrogen-bond donors (Lipinski definition) is 0. The van der Waals surface area contributed by atoms with Gasteiger partial charge in [0.05, 0.1) is 0 Å². The minimum absolute atomic E-state index is 0.822. The third kappa shape index (κ3) is 4.08. The molecule has 0 saturated carbocycles. The smallest absolute Gasteiger partial charge is 0.0372 e. The van der Waals surface area contributed by atoms with E-state index in [9.17, 15) is 0 Å². The maximum atomic E-state index is 4.45. The van der Waals surface area contributed by atoms with Crippen LogP contribution in [0.2, 0.25) is 0 Å². The molecule has 1 unspecified atom stereocenters. The highest BCUT2D eigenvalue weighted by atomic mass is 15.2. The molecule has 1 aromatic rings. The Hall–Kier alpha value is -0.930. The Morgan fingerprint density at radius 1 is 1.14 bits per heavy atom. The van der Waals surface area contributed by atoms with Gasteiger partial charge in [-0.2, -0.15) is 0 Å². The van der Waals surface area contributed by atoms with Gasteiger partial charge in [0, 0.05) is 24.5 Å². The minimum atomic E-state index is 0.822. The molecule has 0 aromatic carbocycles. The van der Waals surface area contributed by atoms with E-state index in [0.717, 1.165) is 17.7 Å². The molecule has 0 N–H and O–H groups in total. The molecule has 0 amide bonds. The second kappa shape index (κ2) is 7.56. The maximum Gasteiger partial charge on any atom is 0.0372 e. The van der Waals surface area contributed by atoms with Gasteiger partial charge in [0.2, 0.25) is 0 Å². The van der Waals surface area contributed by atoms with E-state index >= 15 is 0 Å². The van der Waals surface area contributed by atoms with E-state index < -0.39 is 0 Å². The number of pyridine rings is 1. The standard InChI is InChI=1S/C19H31N3/c1-3-21-11-8-19(9-12-21)22-10-4-5-18(15-22)13-17-7-6-16(2)20-14-17/h6-7,14,18-19H,3-5,8-13,15H2,1-2H3. The Morgan fingerprint density at radius 3 is 2.64 bits per heavy atom. The molecule has 2 fully saturated rings. The lowest BCUT2D eigenvalue weighted by Crippen LogP contribution is -2.48. The van der Waals surface area contributed by atoms with E-state index in [2.05, 4.69) is 47.0 Å². The first-order valence-corrected chi connectivity index (χ1v) is 9.12. The van der Waals surface area contributed by atoms with Crippen molar-refractivity contribution in [3.8, 4) is 0 Å². The number of likely N-dealkylation sites (tertiary alicyclic amines) is 2. The number of piperidine rings is 2. The van der Waals surface area contributed by atoms with Crippen molar-refractivity contribution in [2.24, 2.45) is 5.92 Å². The molecule has 3 heterocycles. The van der Waals surface area contributed by atoms with Crippen molar-refractivity contribution in [3.63, 3.8) is 0 Å². The van der Waals surface area contributed by atoms with Crippen LogP contribution in [-0.2, 0) is 6.42 Å². The van der Waals surface area contributed by atoms with E-state index in [1.807, 2.05) is 0 Å². The molecule has 1 aromatic heterocycles. The van der Waals surface area contributed by atoms with Gasteiger partial charge in [0.15, 0.2) is 0 Å². The molecule has 3 rings (SSSR count). The van der Waals surface area contributed by atoms with Crippen molar-refractivity contribution in [2.75, 3.05) is 32.7 Å². The second-order valence-electron chi connectivity index (χ2n) is 7.18. The summed E-state index contributed by atoms with van der Waals surface area (Å²) in [6.45, 7) is 10.8. The Balaban J connectivity index is 1.52. The van der Waals surface area contributed by atoms with E-state index in [0.29, 0.717) is 0 Å². The van der Waals surface area contributed by atoms with Crippen molar-refractivity contribution in [1.82, 2.24) is 14.8 Å². The molecule has 0 spiro atoms. The fraction of sp³-hybridized carbons (Fsp3) is 0.737. The fourth-order valence-electron chi connectivity index (χ4n) is 4.15. The van der Waals surface area contributed by atoms with Crippen LogP contribution in [0.25, 0.3) is 0 Å². The Kier molecular flexibility index (Phi) is 5.48. The summed E-state index contributed by atoms with van der Waals surface area (Å²) in [5, 5.41) is 0. The molecule has 0 radical (unpaired) electrons. The van der Waals surface area contributed by atoms with E-state index in [4.69, 9.17) is 0 Å². The summed E-state index contributed by atoms with van der Waals surface area (Å²) in [6, 6.07) is 5.25. The molecule has 2 aliphatic rings. The molecular formula is C19H31N3. The molecular weight excluding hydrogens is 270 g/mol. The zero-order valence-corrected chi connectivity index (χ0v) is 14.3. The highest BCUT2D eigenvalue weighted by molar-refractivity contribution is 5.14. The van der Waals surface area contributed by atoms with Crippen LogP contribution in [-0.4, -0.2) is 53.5 Å². The monoisotopic (exact) mass is 301 g/mol. The summed E-state index contributed by atoms with van der Waals surface area (Å²) >= 11 is 0. The van der Waals surface area contributed by atoms with Crippen LogP contribution in [0.3, 0.4) is 0 Å². The lowest BCUT2D eigenvalue weighted by atomic mass is 9.89. The third-order valence-corrected chi connectivity index (χ3v) is 5.57. The average molecular weight is 301 g/mol. The van der Waals surface area contributed by atoms with Crippen LogP contribution in [0.1, 0.15) is 43.9 Å². The van der Waals surface area contributed by atoms with Crippen LogP contribution in [0.4, 0.5) is 0 Å². The molecule has 2 saturated heterocycles. The quantitative estimate of drug-likeness (QED) is 0.852. The molecule has 1 atom stereocenters. The van der Waals surface area contributed by atoms with Gasteiger partial charge in [-0.15, -0.1) is 0 Å². The van der Waals surface area contributed by atoms with Gasteiger partial charge in [0.1, 0.15) is 0 Å². The van der Waals surface area contributed by atoms with E-state index in [1.54, 1.807) is 0 Å². The van der Waals surface area contributed by atoms with Gasteiger partial charge in [0.25, 0.3) is 0 Å². The lowest BCUT2D eigenvalue weighted by Gasteiger charge is -2.42. The van der Waals surface area contributed by atoms with Crippen molar-refractivity contribution in [3.05, 3.63) is 29.6 Å². The summed E-state index contributed by atoms with van der Waals surface area (Å²) < 4.78 is 0. The first kappa shape index (κ1) is 15.9. The summed E-state index contributed by atoms with van der Waals surface area (Å²) in [4.78, 5) is 9.84. The van der Waals surface area contributed by atoms with Crippen molar-refractivity contribution < 1.29 is 0 Å². The van der Waals surface area contributed by atoms with Gasteiger partial charge in [-0.05, 0) is 82.8 Å². The van der Waals surface area contributed by atoms with E-state index in [-0.39, 0.29) is 0 Å². The average Bonchev–Trinajstić information content (AvgIpc) is 2.57. The van der Waals surface area contributed by atoms with Gasteiger partial charge >= 0.3 is 0 Å². The molecule has 3 nitrogen and oxygen atoms in total. The van der Waals surface area contributed by atoms with Gasteiger partial charge < -0.3 is 9.80 Å². The Morgan fingerprint density at radius 2 is 1.95 bits per heavy atom. The number of rotatable bonds is 4. The van der Waals surface area contributed by atoms with Crippen molar-refractivity contribution in [1.29, 1.82) is 0 Å². The van der Waals surface area contributed by atoms with Crippen LogP contribution < -0.4 is 0 Å². The third-order valence-electron chi connectivity index (χ3n) is 5.57. The summed E-state index contributed by atoms with van der Waals surface area (Å²) in [5.41, 5.74) is 2.54. The normalized spacial score (nSPS) is 25.5.